The Morgan fingerprint density at radius 1 is 1.25 bits per heavy atom. The molecule has 88 valence electrons. The van der Waals surface area contributed by atoms with Gasteiger partial charge >= 0.3 is 0 Å². The molecule has 3 rings (SSSR count). The van der Waals surface area contributed by atoms with Crippen LogP contribution in [0.15, 0.2) is 4.52 Å². The Balaban J connectivity index is 1.76. The molecule has 2 fully saturated rings. The van der Waals surface area contributed by atoms with Crippen molar-refractivity contribution < 1.29 is 9.63 Å². The summed E-state index contributed by atoms with van der Waals surface area (Å²) in [5.74, 6) is 2.75. The fraction of sp³-hybridized carbons (Fsp3) is 0.818. The summed E-state index contributed by atoms with van der Waals surface area (Å²) < 4.78 is 5.30. The second kappa shape index (κ2) is 4.37. The van der Waals surface area contributed by atoms with Crippen LogP contribution in [0.3, 0.4) is 0 Å². The zero-order valence-electron chi connectivity index (χ0n) is 9.13. The maximum atomic E-state index is 9.78. The Morgan fingerprint density at radius 2 is 2.19 bits per heavy atom. The zero-order chi connectivity index (χ0) is 11.0. The van der Waals surface area contributed by atoms with Crippen molar-refractivity contribution in [1.29, 1.82) is 0 Å². The van der Waals surface area contributed by atoms with Gasteiger partial charge in [-0.3, -0.25) is 0 Å². The van der Waals surface area contributed by atoms with E-state index in [0.29, 0.717) is 11.1 Å². The van der Waals surface area contributed by atoms with E-state index < -0.39 is 0 Å². The van der Waals surface area contributed by atoms with E-state index in [-0.39, 0.29) is 12.0 Å². The van der Waals surface area contributed by atoms with Crippen LogP contribution in [-0.2, 0) is 0 Å². The van der Waals surface area contributed by atoms with E-state index in [1.807, 2.05) is 11.8 Å². The van der Waals surface area contributed by atoms with E-state index in [1.165, 1.54) is 12.2 Å². The standard InChI is InChI=1S/C11H16N2O2S/c14-8-4-1-3-7(8)11-12-10(13-15-11)9-5-2-6-16-9/h7-9,14H,1-6H2. The van der Waals surface area contributed by atoms with Gasteiger partial charge in [-0.25, -0.2) is 0 Å². The SMILES string of the molecule is OC1CCCC1c1nc(C2CCCS2)no1. The van der Waals surface area contributed by atoms with Gasteiger partial charge in [0.2, 0.25) is 5.89 Å². The molecule has 1 saturated heterocycles. The van der Waals surface area contributed by atoms with Crippen LogP contribution in [0.4, 0.5) is 0 Å². The molecule has 3 atom stereocenters. The third-order valence-corrected chi connectivity index (χ3v) is 4.85. The molecule has 1 aromatic heterocycles. The smallest absolute Gasteiger partial charge is 0.232 e. The molecule has 2 heterocycles. The zero-order valence-corrected chi connectivity index (χ0v) is 9.95. The predicted octanol–water partition coefficient (Wildman–Crippen LogP) is 2.27. The topological polar surface area (TPSA) is 59.2 Å². The molecule has 1 N–H and O–H groups in total. The minimum absolute atomic E-state index is 0.0765. The van der Waals surface area contributed by atoms with E-state index in [0.717, 1.165) is 31.5 Å². The molecule has 1 aromatic rings. The Labute approximate surface area is 98.8 Å². The van der Waals surface area contributed by atoms with Crippen molar-refractivity contribution >= 4 is 11.8 Å². The van der Waals surface area contributed by atoms with Gasteiger partial charge in [0.05, 0.1) is 17.3 Å². The Bertz CT molecular complexity index is 363. The van der Waals surface area contributed by atoms with Crippen LogP contribution in [-0.4, -0.2) is 27.1 Å². The molecule has 3 unspecified atom stereocenters. The normalized spacial score (nSPS) is 34.7. The largest absolute Gasteiger partial charge is 0.392 e. The van der Waals surface area contributed by atoms with Gasteiger partial charge in [0, 0.05) is 0 Å². The van der Waals surface area contributed by atoms with Crippen molar-refractivity contribution in [2.75, 3.05) is 5.75 Å². The Kier molecular flexibility index (Phi) is 2.90. The third-order valence-electron chi connectivity index (χ3n) is 3.47. The van der Waals surface area contributed by atoms with E-state index in [4.69, 9.17) is 4.52 Å². The molecule has 0 aromatic carbocycles. The van der Waals surface area contributed by atoms with E-state index >= 15 is 0 Å². The number of hydrogen-bond acceptors (Lipinski definition) is 5. The van der Waals surface area contributed by atoms with Gasteiger partial charge in [-0.1, -0.05) is 5.16 Å². The maximum Gasteiger partial charge on any atom is 0.232 e. The summed E-state index contributed by atoms with van der Waals surface area (Å²) in [6, 6.07) is 0. The highest BCUT2D eigenvalue weighted by molar-refractivity contribution is 7.99. The second-order valence-electron chi connectivity index (χ2n) is 4.60. The molecule has 16 heavy (non-hydrogen) atoms. The molecule has 1 aliphatic carbocycles. The molecule has 5 heteroatoms. The first kappa shape index (κ1) is 10.6. The minimum atomic E-state index is -0.287. The lowest BCUT2D eigenvalue weighted by atomic mass is 10.1. The highest BCUT2D eigenvalue weighted by atomic mass is 32.2. The van der Waals surface area contributed by atoms with Crippen LogP contribution in [0.5, 0.6) is 0 Å². The lowest BCUT2D eigenvalue weighted by Crippen LogP contribution is -2.11. The second-order valence-corrected chi connectivity index (χ2v) is 5.91. The minimum Gasteiger partial charge on any atom is -0.392 e. The van der Waals surface area contributed by atoms with Gasteiger partial charge in [0.15, 0.2) is 5.82 Å². The van der Waals surface area contributed by atoms with Gasteiger partial charge in [0.1, 0.15) is 0 Å². The molecule has 0 radical (unpaired) electrons. The highest BCUT2D eigenvalue weighted by Gasteiger charge is 2.32. The quantitative estimate of drug-likeness (QED) is 0.859. The summed E-state index contributed by atoms with van der Waals surface area (Å²) in [7, 11) is 0. The van der Waals surface area contributed by atoms with Crippen molar-refractivity contribution in [2.45, 2.75) is 49.4 Å². The molecular formula is C11H16N2O2S. The summed E-state index contributed by atoms with van der Waals surface area (Å²) >= 11 is 1.90. The number of aliphatic hydroxyl groups is 1. The first-order valence-electron chi connectivity index (χ1n) is 5.98. The van der Waals surface area contributed by atoms with Gasteiger partial charge in [-0.2, -0.15) is 16.7 Å². The maximum absolute atomic E-state index is 9.78. The lowest BCUT2D eigenvalue weighted by Gasteiger charge is -2.07. The molecule has 0 spiro atoms. The van der Waals surface area contributed by atoms with Crippen LogP contribution in [0, 0.1) is 0 Å². The van der Waals surface area contributed by atoms with Crippen molar-refractivity contribution in [2.24, 2.45) is 0 Å². The average Bonchev–Trinajstić information content (AvgIpc) is 2.96. The first-order chi connectivity index (χ1) is 7.84. The summed E-state index contributed by atoms with van der Waals surface area (Å²) in [4.78, 5) is 4.47. The van der Waals surface area contributed by atoms with Crippen molar-refractivity contribution in [3.63, 3.8) is 0 Å². The van der Waals surface area contributed by atoms with Crippen molar-refractivity contribution in [3.05, 3.63) is 11.7 Å². The van der Waals surface area contributed by atoms with Crippen LogP contribution in [0.2, 0.25) is 0 Å². The van der Waals surface area contributed by atoms with Crippen molar-refractivity contribution in [3.8, 4) is 0 Å². The van der Waals surface area contributed by atoms with Crippen LogP contribution in [0.1, 0.15) is 55.0 Å². The summed E-state index contributed by atoms with van der Waals surface area (Å²) in [5.41, 5.74) is 0. The molecule has 2 aliphatic rings. The molecular weight excluding hydrogens is 224 g/mol. The van der Waals surface area contributed by atoms with Crippen molar-refractivity contribution in [1.82, 2.24) is 10.1 Å². The van der Waals surface area contributed by atoms with E-state index in [9.17, 15) is 5.11 Å². The molecule has 1 saturated carbocycles. The fourth-order valence-electron chi connectivity index (χ4n) is 2.54. The Morgan fingerprint density at radius 3 is 2.88 bits per heavy atom. The fourth-order valence-corrected chi connectivity index (χ4v) is 3.73. The van der Waals surface area contributed by atoms with Gasteiger partial charge in [-0.05, 0) is 37.9 Å². The number of rotatable bonds is 2. The number of thioether (sulfide) groups is 1. The van der Waals surface area contributed by atoms with Crippen LogP contribution >= 0.6 is 11.8 Å². The van der Waals surface area contributed by atoms with E-state index in [1.54, 1.807) is 0 Å². The Hall–Kier alpha value is -0.550. The number of hydrogen-bond donors (Lipinski definition) is 1. The summed E-state index contributed by atoms with van der Waals surface area (Å²) in [6.45, 7) is 0. The number of nitrogens with zero attached hydrogens (tertiary/aromatic N) is 2. The lowest BCUT2D eigenvalue weighted by molar-refractivity contribution is 0.148. The monoisotopic (exact) mass is 240 g/mol. The molecule has 1 aliphatic heterocycles. The van der Waals surface area contributed by atoms with Crippen LogP contribution in [0.25, 0.3) is 0 Å². The highest BCUT2D eigenvalue weighted by Crippen LogP contribution is 2.40. The van der Waals surface area contributed by atoms with Gasteiger partial charge in [-0.15, -0.1) is 0 Å². The molecule has 0 bridgehead atoms. The average molecular weight is 240 g/mol. The third kappa shape index (κ3) is 1.86. The first-order valence-corrected chi connectivity index (χ1v) is 7.02. The summed E-state index contributed by atoms with van der Waals surface area (Å²) in [6.07, 6.45) is 5.00. The number of aromatic nitrogens is 2. The summed E-state index contributed by atoms with van der Waals surface area (Å²) in [5, 5.41) is 14.3. The van der Waals surface area contributed by atoms with Gasteiger partial charge in [0.25, 0.3) is 0 Å². The van der Waals surface area contributed by atoms with E-state index in [2.05, 4.69) is 10.1 Å². The number of aliphatic hydroxyl groups excluding tert-OH is 1. The predicted molar refractivity (Wildman–Crippen MR) is 61.3 cm³/mol. The van der Waals surface area contributed by atoms with Crippen LogP contribution < -0.4 is 0 Å². The molecule has 0 amide bonds. The molecule has 4 nitrogen and oxygen atoms in total. The van der Waals surface area contributed by atoms with Gasteiger partial charge < -0.3 is 9.63 Å².